The summed E-state index contributed by atoms with van der Waals surface area (Å²) in [5.41, 5.74) is 2.33. The molecule has 0 fully saturated rings. The topological polar surface area (TPSA) is 49.3 Å². The molecule has 94 valence electrons. The lowest BCUT2D eigenvalue weighted by molar-refractivity contribution is -0.142. The van der Waals surface area contributed by atoms with Crippen molar-refractivity contribution >= 4 is 11.7 Å². The van der Waals surface area contributed by atoms with Crippen LogP contribution in [0.4, 0.5) is 5.69 Å². The number of carbonyl (C=O) groups is 1. The smallest absolute Gasteiger partial charge is 0.329 e. The van der Waals surface area contributed by atoms with Crippen molar-refractivity contribution in [3.8, 4) is 0 Å². The molecule has 3 nitrogen and oxygen atoms in total. The molecule has 0 atom stereocenters. The maximum absolute atomic E-state index is 11.4. The second-order valence-electron chi connectivity index (χ2n) is 4.47. The van der Waals surface area contributed by atoms with Crippen LogP contribution in [0.25, 0.3) is 0 Å². The maximum atomic E-state index is 11.4. The van der Waals surface area contributed by atoms with Crippen LogP contribution in [-0.4, -0.2) is 16.6 Å². The molecule has 1 rings (SSSR count). The Balaban J connectivity index is 3.10. The fraction of sp³-hybridized carbons (Fsp3) is 0.500. The number of carboxylic acid groups (broad SMARTS) is 1. The lowest BCUT2D eigenvalue weighted by atomic mass is 9.92. The van der Waals surface area contributed by atoms with Crippen LogP contribution >= 0.6 is 0 Å². The minimum atomic E-state index is -0.863. The Kier molecular flexibility index (Phi) is 4.16. The average Bonchev–Trinajstić information content (AvgIpc) is 2.31. The minimum Gasteiger partial charge on any atom is -0.480 e. The summed E-state index contributed by atoms with van der Waals surface area (Å²) in [6, 6.07) is 5.91. The van der Waals surface area contributed by atoms with Crippen molar-refractivity contribution in [3.05, 3.63) is 29.3 Å². The van der Waals surface area contributed by atoms with Crippen LogP contribution in [0.2, 0.25) is 0 Å². The molecule has 1 aromatic rings. The van der Waals surface area contributed by atoms with E-state index in [0.717, 1.165) is 11.3 Å². The Bertz CT molecular complexity index is 409. The van der Waals surface area contributed by atoms with Gasteiger partial charge in [-0.2, -0.15) is 0 Å². The molecule has 0 bridgehead atoms. The summed E-state index contributed by atoms with van der Waals surface area (Å²) in [5.74, 6) is -0.789. The fourth-order valence-electron chi connectivity index (χ4n) is 1.93. The molecular formula is C14H21NO2. The van der Waals surface area contributed by atoms with Gasteiger partial charge < -0.3 is 10.4 Å². The van der Waals surface area contributed by atoms with E-state index in [9.17, 15) is 9.90 Å². The molecule has 0 radical (unpaired) electrons. The van der Waals surface area contributed by atoms with Gasteiger partial charge in [-0.15, -0.1) is 0 Å². The molecule has 0 amide bonds. The molecule has 0 saturated heterocycles. The summed E-state index contributed by atoms with van der Waals surface area (Å²) in [6.07, 6.45) is 1.12. The Morgan fingerprint density at radius 3 is 2.35 bits per heavy atom. The van der Waals surface area contributed by atoms with Crippen LogP contribution < -0.4 is 5.32 Å². The molecule has 0 saturated carbocycles. The highest BCUT2D eigenvalue weighted by Gasteiger charge is 2.34. The van der Waals surface area contributed by atoms with Crippen LogP contribution in [0.3, 0.4) is 0 Å². The second kappa shape index (κ2) is 5.21. The molecule has 0 aliphatic carbocycles. The first-order chi connectivity index (χ1) is 7.96. The second-order valence-corrected chi connectivity index (χ2v) is 4.47. The predicted molar refractivity (Wildman–Crippen MR) is 70.5 cm³/mol. The van der Waals surface area contributed by atoms with Gasteiger partial charge in [-0.3, -0.25) is 0 Å². The molecule has 1 aromatic carbocycles. The van der Waals surface area contributed by atoms with Crippen LogP contribution in [0, 0.1) is 13.8 Å². The normalized spacial score (nSPS) is 11.3. The first kappa shape index (κ1) is 13.6. The Labute approximate surface area is 103 Å². The number of rotatable bonds is 5. The first-order valence-electron chi connectivity index (χ1n) is 6.04. The van der Waals surface area contributed by atoms with E-state index in [0.29, 0.717) is 12.8 Å². The molecular weight excluding hydrogens is 214 g/mol. The zero-order valence-corrected chi connectivity index (χ0v) is 11.0. The number of hydrogen-bond donors (Lipinski definition) is 2. The number of carboxylic acids is 1. The number of aliphatic carboxylic acids is 1. The van der Waals surface area contributed by atoms with Crippen molar-refractivity contribution in [1.29, 1.82) is 0 Å². The van der Waals surface area contributed by atoms with Crippen molar-refractivity contribution in [2.24, 2.45) is 0 Å². The quantitative estimate of drug-likeness (QED) is 0.822. The van der Waals surface area contributed by atoms with E-state index in [1.54, 1.807) is 0 Å². The van der Waals surface area contributed by atoms with Gasteiger partial charge in [0, 0.05) is 5.69 Å². The highest BCUT2D eigenvalue weighted by atomic mass is 16.4. The highest BCUT2D eigenvalue weighted by Crippen LogP contribution is 2.26. The first-order valence-corrected chi connectivity index (χ1v) is 6.04. The van der Waals surface area contributed by atoms with Gasteiger partial charge in [-0.1, -0.05) is 26.0 Å². The Morgan fingerprint density at radius 2 is 1.88 bits per heavy atom. The Hall–Kier alpha value is -1.51. The lowest BCUT2D eigenvalue weighted by Gasteiger charge is -2.30. The SMILES string of the molecule is CCC(CC)(Nc1cccc(C)c1C)C(=O)O. The molecule has 17 heavy (non-hydrogen) atoms. The van der Waals surface area contributed by atoms with Crippen molar-refractivity contribution in [3.63, 3.8) is 0 Å². The third-order valence-electron chi connectivity index (χ3n) is 3.60. The summed E-state index contributed by atoms with van der Waals surface area (Å²) < 4.78 is 0. The largest absolute Gasteiger partial charge is 0.480 e. The summed E-state index contributed by atoms with van der Waals surface area (Å²) in [5, 5.41) is 12.6. The zero-order valence-electron chi connectivity index (χ0n) is 11.0. The standard InChI is InChI=1S/C14H21NO2/c1-5-14(6-2,13(16)17)15-12-9-7-8-10(3)11(12)4/h7-9,15H,5-6H2,1-4H3,(H,16,17). The molecule has 0 aliphatic rings. The van der Waals surface area contributed by atoms with Crippen molar-refractivity contribution in [1.82, 2.24) is 0 Å². The summed E-state index contributed by atoms with van der Waals surface area (Å²) in [6.45, 7) is 7.84. The van der Waals surface area contributed by atoms with Crippen LogP contribution in [0.1, 0.15) is 37.8 Å². The van der Waals surface area contributed by atoms with Crippen LogP contribution in [0.5, 0.6) is 0 Å². The number of aryl methyl sites for hydroxylation is 1. The molecule has 0 heterocycles. The van der Waals surface area contributed by atoms with Gasteiger partial charge in [0.15, 0.2) is 0 Å². The third-order valence-corrected chi connectivity index (χ3v) is 3.60. The van der Waals surface area contributed by atoms with Gasteiger partial charge in [0.25, 0.3) is 0 Å². The predicted octanol–water partition coefficient (Wildman–Crippen LogP) is 3.36. The molecule has 0 aliphatic heterocycles. The average molecular weight is 235 g/mol. The van der Waals surface area contributed by atoms with Gasteiger partial charge in [0.1, 0.15) is 5.54 Å². The maximum Gasteiger partial charge on any atom is 0.329 e. The van der Waals surface area contributed by atoms with Crippen molar-refractivity contribution < 1.29 is 9.90 Å². The minimum absolute atomic E-state index is 0.562. The summed E-state index contributed by atoms with van der Waals surface area (Å²) in [7, 11) is 0. The van der Waals surface area contributed by atoms with E-state index < -0.39 is 11.5 Å². The van der Waals surface area contributed by atoms with E-state index in [4.69, 9.17) is 0 Å². The summed E-state index contributed by atoms with van der Waals surface area (Å²) in [4.78, 5) is 11.4. The molecule has 0 spiro atoms. The zero-order chi connectivity index (χ0) is 13.1. The molecule has 2 N–H and O–H groups in total. The van der Waals surface area contributed by atoms with E-state index in [1.807, 2.05) is 45.9 Å². The van der Waals surface area contributed by atoms with Crippen molar-refractivity contribution in [2.75, 3.05) is 5.32 Å². The monoisotopic (exact) mass is 235 g/mol. The molecule has 3 heteroatoms. The lowest BCUT2D eigenvalue weighted by Crippen LogP contribution is -2.45. The molecule has 0 aromatic heterocycles. The van der Waals surface area contributed by atoms with E-state index in [1.165, 1.54) is 5.56 Å². The highest BCUT2D eigenvalue weighted by molar-refractivity contribution is 5.83. The number of anilines is 1. The van der Waals surface area contributed by atoms with E-state index in [-0.39, 0.29) is 0 Å². The number of benzene rings is 1. The number of nitrogens with one attached hydrogen (secondary N) is 1. The van der Waals surface area contributed by atoms with Gasteiger partial charge in [-0.25, -0.2) is 4.79 Å². The number of hydrogen-bond acceptors (Lipinski definition) is 2. The summed E-state index contributed by atoms with van der Waals surface area (Å²) >= 11 is 0. The van der Waals surface area contributed by atoms with Crippen LogP contribution in [-0.2, 0) is 4.79 Å². The van der Waals surface area contributed by atoms with Gasteiger partial charge >= 0.3 is 5.97 Å². The fourth-order valence-corrected chi connectivity index (χ4v) is 1.93. The van der Waals surface area contributed by atoms with Crippen LogP contribution in [0.15, 0.2) is 18.2 Å². The van der Waals surface area contributed by atoms with E-state index >= 15 is 0 Å². The van der Waals surface area contributed by atoms with Crippen molar-refractivity contribution in [2.45, 2.75) is 46.1 Å². The van der Waals surface area contributed by atoms with Gasteiger partial charge in [0.2, 0.25) is 0 Å². The third kappa shape index (κ3) is 2.60. The van der Waals surface area contributed by atoms with Gasteiger partial charge in [0.05, 0.1) is 0 Å². The Morgan fingerprint density at radius 1 is 1.29 bits per heavy atom. The van der Waals surface area contributed by atoms with Gasteiger partial charge in [-0.05, 0) is 43.9 Å². The molecule has 0 unspecified atom stereocenters. The van der Waals surface area contributed by atoms with E-state index in [2.05, 4.69) is 5.32 Å².